The van der Waals surface area contributed by atoms with Gasteiger partial charge < -0.3 is 5.32 Å². The molecule has 0 unspecified atom stereocenters. The lowest BCUT2D eigenvalue weighted by atomic mass is 9.93. The summed E-state index contributed by atoms with van der Waals surface area (Å²) in [6.45, 7) is 10.8. The molecule has 3 nitrogen and oxygen atoms in total. The van der Waals surface area contributed by atoms with Crippen LogP contribution in [-0.2, 0) is 0 Å². The van der Waals surface area contributed by atoms with Gasteiger partial charge in [-0.3, -0.25) is 0 Å². The molecule has 2 aromatic rings. The summed E-state index contributed by atoms with van der Waals surface area (Å²) < 4.78 is 2.38. The minimum absolute atomic E-state index is 1.01. The van der Waals surface area contributed by atoms with Crippen molar-refractivity contribution in [1.82, 2.24) is 14.6 Å². The van der Waals surface area contributed by atoms with E-state index in [-0.39, 0.29) is 0 Å². The van der Waals surface area contributed by atoms with Crippen LogP contribution in [0.3, 0.4) is 0 Å². The molecule has 0 saturated carbocycles. The van der Waals surface area contributed by atoms with Crippen molar-refractivity contribution in [1.29, 1.82) is 0 Å². The predicted octanol–water partition coefficient (Wildman–Crippen LogP) is 4.45. The lowest BCUT2D eigenvalue weighted by Gasteiger charge is -2.25. The fraction of sp³-hybridized carbons (Fsp3) is 0.381. The van der Waals surface area contributed by atoms with Gasteiger partial charge in [0, 0.05) is 37.9 Å². The molecule has 3 rings (SSSR count). The molecule has 0 bridgehead atoms. The standard InChI is InChI=1S/C21H27N3S/c1-4-5-19(20-14-16(2)6-7-17(20)3)18-8-9-21(23-15-18)25-24-12-10-22-11-13-24/h5-9,14-15,22H,4,10-13H2,1-3H3/b19-5-. The van der Waals surface area contributed by atoms with Gasteiger partial charge in [-0.1, -0.05) is 42.8 Å². The van der Waals surface area contributed by atoms with E-state index in [0.717, 1.165) is 37.6 Å². The lowest BCUT2D eigenvalue weighted by molar-refractivity contribution is 0.396. The molecule has 1 aromatic heterocycles. The number of rotatable bonds is 5. The van der Waals surface area contributed by atoms with Gasteiger partial charge in [-0.05, 0) is 55.0 Å². The number of pyridine rings is 1. The normalized spacial score (nSPS) is 16.2. The van der Waals surface area contributed by atoms with E-state index in [2.05, 4.69) is 66.8 Å². The summed E-state index contributed by atoms with van der Waals surface area (Å²) >= 11 is 1.76. The fourth-order valence-corrected chi connectivity index (χ4v) is 3.93. The predicted molar refractivity (Wildman–Crippen MR) is 108 cm³/mol. The zero-order valence-electron chi connectivity index (χ0n) is 15.4. The zero-order chi connectivity index (χ0) is 17.6. The van der Waals surface area contributed by atoms with Crippen LogP contribution in [0.4, 0.5) is 0 Å². The van der Waals surface area contributed by atoms with Gasteiger partial charge in [-0.15, -0.1) is 0 Å². The van der Waals surface area contributed by atoms with Gasteiger partial charge in [0.15, 0.2) is 0 Å². The SMILES string of the molecule is CC/C=C(/c1ccc(SN2CCNCC2)nc1)c1cc(C)ccc1C. The van der Waals surface area contributed by atoms with E-state index in [1.54, 1.807) is 11.9 Å². The Morgan fingerprint density at radius 1 is 1.20 bits per heavy atom. The Morgan fingerprint density at radius 2 is 2.00 bits per heavy atom. The molecule has 2 heterocycles. The Morgan fingerprint density at radius 3 is 2.68 bits per heavy atom. The molecule has 0 radical (unpaired) electrons. The second-order valence-corrected chi connectivity index (χ2v) is 7.62. The van der Waals surface area contributed by atoms with Crippen LogP contribution in [0.25, 0.3) is 5.57 Å². The van der Waals surface area contributed by atoms with Crippen molar-refractivity contribution in [2.45, 2.75) is 32.2 Å². The third-order valence-corrected chi connectivity index (χ3v) is 5.49. The molecule has 1 aliphatic heterocycles. The van der Waals surface area contributed by atoms with E-state index in [1.807, 2.05) is 6.20 Å². The van der Waals surface area contributed by atoms with Crippen LogP contribution < -0.4 is 5.32 Å². The van der Waals surface area contributed by atoms with Gasteiger partial charge in [0.2, 0.25) is 0 Å². The maximum atomic E-state index is 4.71. The minimum atomic E-state index is 1.01. The monoisotopic (exact) mass is 353 g/mol. The molecule has 0 aliphatic carbocycles. The van der Waals surface area contributed by atoms with E-state index >= 15 is 0 Å². The summed E-state index contributed by atoms with van der Waals surface area (Å²) in [7, 11) is 0. The van der Waals surface area contributed by atoms with Gasteiger partial charge in [-0.25, -0.2) is 9.29 Å². The number of nitrogens with one attached hydrogen (secondary N) is 1. The summed E-state index contributed by atoms with van der Waals surface area (Å²) in [6, 6.07) is 11.0. The molecule has 1 aliphatic rings. The maximum absolute atomic E-state index is 4.71. The van der Waals surface area contributed by atoms with E-state index in [1.165, 1.54) is 27.8 Å². The van der Waals surface area contributed by atoms with Crippen molar-refractivity contribution < 1.29 is 0 Å². The van der Waals surface area contributed by atoms with Crippen LogP contribution in [0, 0.1) is 13.8 Å². The summed E-state index contributed by atoms with van der Waals surface area (Å²) in [6.07, 6.45) is 5.34. The molecule has 0 atom stereocenters. The van der Waals surface area contributed by atoms with Crippen molar-refractivity contribution >= 4 is 17.5 Å². The topological polar surface area (TPSA) is 28.2 Å². The van der Waals surface area contributed by atoms with E-state index in [0.29, 0.717) is 0 Å². The number of nitrogens with zero attached hydrogens (tertiary/aromatic N) is 2. The van der Waals surface area contributed by atoms with Crippen LogP contribution in [-0.4, -0.2) is 35.5 Å². The van der Waals surface area contributed by atoms with Crippen LogP contribution in [0.1, 0.15) is 35.6 Å². The molecule has 0 amide bonds. The zero-order valence-corrected chi connectivity index (χ0v) is 16.2. The van der Waals surface area contributed by atoms with Crippen molar-refractivity contribution in [3.05, 3.63) is 64.9 Å². The first kappa shape index (κ1) is 18.2. The molecule has 1 N–H and O–H groups in total. The first-order chi connectivity index (χ1) is 12.2. The number of hydrogen-bond donors (Lipinski definition) is 1. The quantitative estimate of drug-likeness (QED) is 0.804. The third-order valence-electron chi connectivity index (χ3n) is 4.44. The summed E-state index contributed by atoms with van der Waals surface area (Å²) in [5.74, 6) is 0. The van der Waals surface area contributed by atoms with E-state index in [9.17, 15) is 0 Å². The Hall–Kier alpha value is -1.62. The van der Waals surface area contributed by atoms with Crippen molar-refractivity contribution in [2.24, 2.45) is 0 Å². The highest BCUT2D eigenvalue weighted by atomic mass is 32.2. The van der Waals surface area contributed by atoms with Crippen molar-refractivity contribution in [3.63, 3.8) is 0 Å². The summed E-state index contributed by atoms with van der Waals surface area (Å²) in [4.78, 5) is 4.71. The van der Waals surface area contributed by atoms with Gasteiger partial charge >= 0.3 is 0 Å². The fourth-order valence-electron chi connectivity index (χ4n) is 3.07. The molecule has 4 heteroatoms. The van der Waals surface area contributed by atoms with Crippen LogP contribution >= 0.6 is 11.9 Å². The summed E-state index contributed by atoms with van der Waals surface area (Å²) in [5, 5.41) is 4.46. The van der Waals surface area contributed by atoms with Gasteiger partial charge in [0.1, 0.15) is 5.03 Å². The van der Waals surface area contributed by atoms with E-state index < -0.39 is 0 Å². The van der Waals surface area contributed by atoms with Crippen LogP contribution in [0.2, 0.25) is 0 Å². The highest BCUT2D eigenvalue weighted by molar-refractivity contribution is 7.97. The number of hydrogen-bond acceptors (Lipinski definition) is 4. The molecule has 0 spiro atoms. The first-order valence-corrected chi connectivity index (χ1v) is 9.82. The molecule has 132 valence electrons. The van der Waals surface area contributed by atoms with E-state index in [4.69, 9.17) is 4.98 Å². The summed E-state index contributed by atoms with van der Waals surface area (Å²) in [5.41, 5.74) is 6.40. The number of aryl methyl sites for hydroxylation is 2. The Bertz CT molecular complexity index is 731. The second kappa shape index (κ2) is 8.65. The highest BCUT2D eigenvalue weighted by Gasteiger charge is 2.13. The minimum Gasteiger partial charge on any atom is -0.314 e. The molecule has 25 heavy (non-hydrogen) atoms. The van der Waals surface area contributed by atoms with Gasteiger partial charge in [0.05, 0.1) is 0 Å². The van der Waals surface area contributed by atoms with Crippen LogP contribution in [0.5, 0.6) is 0 Å². The largest absolute Gasteiger partial charge is 0.314 e. The highest BCUT2D eigenvalue weighted by Crippen LogP contribution is 2.29. The van der Waals surface area contributed by atoms with Gasteiger partial charge in [-0.2, -0.15) is 0 Å². The van der Waals surface area contributed by atoms with Gasteiger partial charge in [0.25, 0.3) is 0 Å². The molecule has 1 aromatic carbocycles. The Kier molecular flexibility index (Phi) is 6.29. The number of benzene rings is 1. The molecule has 1 fully saturated rings. The van der Waals surface area contributed by atoms with Crippen LogP contribution in [0.15, 0.2) is 47.6 Å². The van der Waals surface area contributed by atoms with Crippen molar-refractivity contribution in [2.75, 3.05) is 26.2 Å². The number of piperazine rings is 1. The Balaban J connectivity index is 1.82. The lowest BCUT2D eigenvalue weighted by Crippen LogP contribution is -2.39. The number of aromatic nitrogens is 1. The third kappa shape index (κ3) is 4.72. The average molecular weight is 354 g/mol. The Labute approximate surface area is 155 Å². The second-order valence-electron chi connectivity index (χ2n) is 6.50. The molecular weight excluding hydrogens is 326 g/mol. The van der Waals surface area contributed by atoms with Crippen molar-refractivity contribution in [3.8, 4) is 0 Å². The average Bonchev–Trinajstić information content (AvgIpc) is 2.64. The number of allylic oxidation sites excluding steroid dienone is 1. The first-order valence-electron chi connectivity index (χ1n) is 9.05. The maximum Gasteiger partial charge on any atom is 0.111 e. The smallest absolute Gasteiger partial charge is 0.111 e. The molecule has 1 saturated heterocycles. The molecular formula is C21H27N3S.